The van der Waals surface area contributed by atoms with Crippen LogP contribution in [0.4, 0.5) is 4.79 Å². The van der Waals surface area contributed by atoms with Crippen molar-refractivity contribution in [3.63, 3.8) is 0 Å². The van der Waals surface area contributed by atoms with Gasteiger partial charge in [-0.15, -0.1) is 0 Å². The van der Waals surface area contributed by atoms with Crippen LogP contribution in [0.5, 0.6) is 0 Å². The molecule has 1 heterocycles. The Bertz CT molecular complexity index is 672. The first-order valence-corrected chi connectivity index (χ1v) is 7.91. The van der Waals surface area contributed by atoms with Crippen molar-refractivity contribution < 1.29 is 19.4 Å². The van der Waals surface area contributed by atoms with E-state index in [0.717, 1.165) is 5.56 Å². The van der Waals surface area contributed by atoms with Crippen LogP contribution in [0.25, 0.3) is 0 Å². The van der Waals surface area contributed by atoms with E-state index in [4.69, 9.17) is 10.00 Å². The van der Waals surface area contributed by atoms with Crippen LogP contribution in [0, 0.1) is 17.2 Å². The molecule has 2 rings (SSSR count). The molecule has 0 spiro atoms. The number of ether oxygens (including phenoxy) is 1. The van der Waals surface area contributed by atoms with Gasteiger partial charge in [0.05, 0.1) is 11.6 Å². The number of likely N-dealkylation sites (tertiary alicyclic amines) is 1. The third-order valence-electron chi connectivity index (χ3n) is 3.88. The summed E-state index contributed by atoms with van der Waals surface area (Å²) in [6, 6.07) is 8.47. The van der Waals surface area contributed by atoms with Gasteiger partial charge in [0.15, 0.2) is 0 Å². The molecule has 1 aromatic rings. The lowest BCUT2D eigenvalue weighted by atomic mass is 9.96. The number of nitriles is 1. The Kier molecular flexibility index (Phi) is 5.13. The summed E-state index contributed by atoms with van der Waals surface area (Å²) in [4.78, 5) is 25.1. The van der Waals surface area contributed by atoms with Crippen LogP contribution in [0.2, 0.25) is 0 Å². The predicted octanol–water partition coefficient (Wildman–Crippen LogP) is 2.81. The van der Waals surface area contributed by atoms with E-state index in [-0.39, 0.29) is 5.92 Å². The summed E-state index contributed by atoms with van der Waals surface area (Å²) in [7, 11) is 0. The molecule has 24 heavy (non-hydrogen) atoms. The minimum Gasteiger partial charge on any atom is -0.480 e. The lowest BCUT2D eigenvalue weighted by Crippen LogP contribution is -2.43. The third kappa shape index (κ3) is 4.48. The Labute approximate surface area is 141 Å². The van der Waals surface area contributed by atoms with Crippen molar-refractivity contribution in [2.75, 3.05) is 6.54 Å². The van der Waals surface area contributed by atoms with Gasteiger partial charge >= 0.3 is 12.1 Å². The van der Waals surface area contributed by atoms with Crippen LogP contribution >= 0.6 is 0 Å². The highest BCUT2D eigenvalue weighted by atomic mass is 16.6. The summed E-state index contributed by atoms with van der Waals surface area (Å²) in [6.45, 7) is 5.59. The van der Waals surface area contributed by atoms with E-state index in [0.29, 0.717) is 24.9 Å². The Morgan fingerprint density at radius 2 is 2.12 bits per heavy atom. The van der Waals surface area contributed by atoms with Crippen molar-refractivity contribution in [2.24, 2.45) is 5.92 Å². The average molecular weight is 330 g/mol. The van der Waals surface area contributed by atoms with Gasteiger partial charge in [-0.2, -0.15) is 5.26 Å². The van der Waals surface area contributed by atoms with Crippen molar-refractivity contribution in [3.05, 3.63) is 35.4 Å². The second-order valence-electron chi connectivity index (χ2n) is 7.10. The van der Waals surface area contributed by atoms with Crippen LogP contribution in [0.15, 0.2) is 24.3 Å². The van der Waals surface area contributed by atoms with Crippen molar-refractivity contribution in [1.82, 2.24) is 4.90 Å². The summed E-state index contributed by atoms with van der Waals surface area (Å²) in [5.41, 5.74) is 0.873. The number of aliphatic carboxylic acids is 1. The number of amides is 1. The lowest BCUT2D eigenvalue weighted by molar-refractivity contribution is -0.142. The molecule has 0 bridgehead atoms. The Balaban J connectivity index is 2.10. The molecule has 0 aliphatic carbocycles. The summed E-state index contributed by atoms with van der Waals surface area (Å²) in [5, 5.41) is 18.4. The fourth-order valence-electron chi connectivity index (χ4n) is 2.93. The number of hydrogen-bond acceptors (Lipinski definition) is 4. The highest BCUT2D eigenvalue weighted by Crippen LogP contribution is 2.28. The SMILES string of the molecule is CC(C)(C)OC(=O)N1C[C@@H](Cc2cccc(C#N)c2)C[C@@H]1C(=O)O. The number of carboxylic acid groups (broad SMARTS) is 1. The van der Waals surface area contributed by atoms with Gasteiger partial charge < -0.3 is 9.84 Å². The molecular formula is C18H22N2O4. The smallest absolute Gasteiger partial charge is 0.411 e. The summed E-state index contributed by atoms with van der Waals surface area (Å²) in [6.07, 6.45) is 0.410. The molecule has 0 saturated carbocycles. The van der Waals surface area contributed by atoms with Crippen LogP contribution in [0.3, 0.4) is 0 Å². The monoisotopic (exact) mass is 330 g/mol. The minimum atomic E-state index is -1.02. The molecule has 1 amide bonds. The third-order valence-corrected chi connectivity index (χ3v) is 3.88. The molecular weight excluding hydrogens is 308 g/mol. The molecule has 1 saturated heterocycles. The van der Waals surface area contributed by atoms with Crippen LogP contribution in [-0.4, -0.2) is 40.3 Å². The van der Waals surface area contributed by atoms with Gasteiger partial charge in [-0.05, 0) is 57.2 Å². The molecule has 1 aliphatic rings. The molecule has 1 N–H and O–H groups in total. The average Bonchev–Trinajstić information content (AvgIpc) is 2.90. The maximum atomic E-state index is 12.3. The van der Waals surface area contributed by atoms with Crippen molar-refractivity contribution >= 4 is 12.1 Å². The molecule has 1 aliphatic heterocycles. The van der Waals surface area contributed by atoms with Crippen molar-refractivity contribution in [2.45, 2.75) is 45.3 Å². The van der Waals surface area contributed by atoms with Gasteiger partial charge in [0.2, 0.25) is 0 Å². The highest BCUT2D eigenvalue weighted by Gasteiger charge is 2.41. The van der Waals surface area contributed by atoms with Gasteiger partial charge in [-0.25, -0.2) is 9.59 Å². The van der Waals surface area contributed by atoms with Gasteiger partial charge in [0.25, 0.3) is 0 Å². The number of rotatable bonds is 3. The van der Waals surface area contributed by atoms with E-state index in [2.05, 4.69) is 6.07 Å². The molecule has 0 unspecified atom stereocenters. The summed E-state index contributed by atoms with van der Waals surface area (Å²) >= 11 is 0. The fraction of sp³-hybridized carbons (Fsp3) is 0.500. The Morgan fingerprint density at radius 1 is 1.42 bits per heavy atom. The molecule has 0 radical (unpaired) electrons. The second kappa shape index (κ2) is 6.91. The van der Waals surface area contributed by atoms with E-state index < -0.39 is 23.7 Å². The summed E-state index contributed by atoms with van der Waals surface area (Å²) in [5.74, 6) is -0.998. The Hall–Kier alpha value is -2.55. The standard InChI is InChI=1S/C18H22N2O4/c1-18(2,3)24-17(23)20-11-14(9-15(20)16(21)22)8-12-5-4-6-13(7-12)10-19/h4-7,14-15H,8-9,11H2,1-3H3,(H,21,22)/t14-,15+/m0/s1. The van der Waals surface area contributed by atoms with E-state index in [1.807, 2.05) is 12.1 Å². The van der Waals surface area contributed by atoms with Crippen LogP contribution < -0.4 is 0 Å². The second-order valence-corrected chi connectivity index (χ2v) is 7.10. The maximum Gasteiger partial charge on any atom is 0.411 e. The molecule has 128 valence electrons. The first kappa shape index (κ1) is 17.8. The van der Waals surface area contributed by atoms with E-state index in [1.54, 1.807) is 32.9 Å². The Morgan fingerprint density at radius 3 is 2.71 bits per heavy atom. The first-order valence-electron chi connectivity index (χ1n) is 7.91. The number of hydrogen-bond donors (Lipinski definition) is 1. The van der Waals surface area contributed by atoms with Crippen molar-refractivity contribution in [1.29, 1.82) is 5.26 Å². The van der Waals surface area contributed by atoms with Crippen LogP contribution in [-0.2, 0) is 16.0 Å². The first-order chi connectivity index (χ1) is 11.2. The number of benzene rings is 1. The van der Waals surface area contributed by atoms with Gasteiger partial charge in [0.1, 0.15) is 11.6 Å². The molecule has 6 heteroatoms. The topological polar surface area (TPSA) is 90.6 Å². The van der Waals surface area contributed by atoms with E-state index in [9.17, 15) is 14.7 Å². The molecule has 0 aromatic heterocycles. The molecule has 6 nitrogen and oxygen atoms in total. The van der Waals surface area contributed by atoms with Gasteiger partial charge in [-0.3, -0.25) is 4.90 Å². The van der Waals surface area contributed by atoms with E-state index >= 15 is 0 Å². The molecule has 2 atom stereocenters. The van der Waals surface area contributed by atoms with Crippen LogP contribution in [0.1, 0.15) is 38.3 Å². The van der Waals surface area contributed by atoms with Gasteiger partial charge in [0, 0.05) is 6.54 Å². The normalized spacial score (nSPS) is 20.5. The lowest BCUT2D eigenvalue weighted by Gasteiger charge is -2.26. The van der Waals surface area contributed by atoms with Crippen molar-refractivity contribution in [3.8, 4) is 6.07 Å². The number of carbonyl (C=O) groups is 2. The maximum absolute atomic E-state index is 12.3. The summed E-state index contributed by atoms with van der Waals surface area (Å²) < 4.78 is 5.32. The van der Waals surface area contributed by atoms with Gasteiger partial charge in [-0.1, -0.05) is 12.1 Å². The van der Waals surface area contributed by atoms with E-state index in [1.165, 1.54) is 4.90 Å². The fourth-order valence-corrected chi connectivity index (χ4v) is 2.93. The highest BCUT2D eigenvalue weighted by molar-refractivity contribution is 5.81. The quantitative estimate of drug-likeness (QED) is 0.920. The predicted molar refractivity (Wildman–Crippen MR) is 87.3 cm³/mol. The zero-order valence-electron chi connectivity index (χ0n) is 14.2. The zero-order valence-corrected chi connectivity index (χ0v) is 14.2. The minimum absolute atomic E-state index is 0.0209. The molecule has 1 aromatic carbocycles. The number of carboxylic acids is 1. The zero-order chi connectivity index (χ0) is 17.9. The number of carbonyl (C=O) groups excluding carboxylic acids is 1. The molecule has 1 fully saturated rings. The largest absolute Gasteiger partial charge is 0.480 e. The number of nitrogens with zero attached hydrogens (tertiary/aromatic N) is 2.